The summed E-state index contributed by atoms with van der Waals surface area (Å²) in [6.45, 7) is 14.2. The summed E-state index contributed by atoms with van der Waals surface area (Å²) in [6, 6.07) is 4.92. The van der Waals surface area contributed by atoms with Crippen molar-refractivity contribution in [2.45, 2.75) is 65.3 Å². The molecule has 0 spiro atoms. The number of fused-ring (bicyclic) bond motifs is 1. The lowest BCUT2D eigenvalue weighted by Gasteiger charge is -2.15. The molecule has 172 valence electrons. The Hall–Kier alpha value is -1.75. The van der Waals surface area contributed by atoms with Gasteiger partial charge in [0.2, 0.25) is 0 Å². The zero-order valence-electron chi connectivity index (χ0n) is 19.6. The minimum absolute atomic E-state index is 0.361. The molecule has 32 heavy (non-hydrogen) atoms. The second kappa shape index (κ2) is 9.62. The first-order valence-electron chi connectivity index (χ1n) is 10.8. The van der Waals surface area contributed by atoms with Gasteiger partial charge in [0.15, 0.2) is 5.15 Å². The summed E-state index contributed by atoms with van der Waals surface area (Å²) < 4.78 is 9.65. The molecule has 0 fully saturated rings. The zero-order chi connectivity index (χ0) is 23.7. The van der Waals surface area contributed by atoms with Gasteiger partial charge in [-0.05, 0) is 38.9 Å². The summed E-state index contributed by atoms with van der Waals surface area (Å²) >= 11 is 13.2. The van der Waals surface area contributed by atoms with E-state index in [-0.39, 0.29) is 0 Å². The molecule has 1 N–H and O–H groups in total. The smallest absolute Gasteiger partial charge is 0.159 e. The molecule has 0 saturated carbocycles. The summed E-state index contributed by atoms with van der Waals surface area (Å²) in [6.07, 6.45) is 3.96. The molecule has 0 atom stereocenters. The molecule has 0 unspecified atom stereocenters. The van der Waals surface area contributed by atoms with E-state index in [1.807, 2.05) is 24.5 Å². The van der Waals surface area contributed by atoms with Crippen molar-refractivity contribution in [3.63, 3.8) is 0 Å². The summed E-state index contributed by atoms with van der Waals surface area (Å²) in [5.74, 6) is 5.87. The number of ether oxygens (including phenoxy) is 1. The summed E-state index contributed by atoms with van der Waals surface area (Å²) in [4.78, 5) is 0. The first-order valence-corrected chi connectivity index (χ1v) is 15.2. The molecule has 0 aliphatic heterocycles. The number of aliphatic hydroxyl groups is 1. The summed E-state index contributed by atoms with van der Waals surface area (Å²) in [5, 5.41) is 16.4. The van der Waals surface area contributed by atoms with Crippen LogP contribution < -0.4 is 0 Å². The maximum atomic E-state index is 9.96. The Morgan fingerprint density at radius 2 is 1.88 bits per heavy atom. The van der Waals surface area contributed by atoms with Crippen molar-refractivity contribution in [2.24, 2.45) is 0 Å². The van der Waals surface area contributed by atoms with E-state index in [0.29, 0.717) is 16.9 Å². The molecule has 0 radical (unpaired) electrons. The van der Waals surface area contributed by atoms with E-state index < -0.39 is 13.7 Å². The fourth-order valence-electron chi connectivity index (χ4n) is 3.33. The second-order valence-electron chi connectivity index (χ2n) is 9.71. The molecule has 0 amide bonds. The quantitative estimate of drug-likeness (QED) is 0.240. The van der Waals surface area contributed by atoms with E-state index in [1.165, 1.54) is 0 Å². The molecule has 0 aliphatic rings. The Labute approximate surface area is 201 Å². The van der Waals surface area contributed by atoms with Gasteiger partial charge in [0.05, 0.1) is 10.5 Å². The molecular weight excluding hydrogens is 461 g/mol. The van der Waals surface area contributed by atoms with Crippen LogP contribution >= 0.6 is 23.2 Å². The van der Waals surface area contributed by atoms with Crippen LogP contribution in [0.4, 0.5) is 0 Å². The van der Waals surface area contributed by atoms with E-state index in [2.05, 4.69) is 48.1 Å². The minimum atomic E-state index is -1.14. The number of aromatic nitrogens is 3. The highest BCUT2D eigenvalue weighted by atomic mass is 35.5. The topological polar surface area (TPSA) is 52.2 Å². The minimum Gasteiger partial charge on any atom is -0.378 e. The van der Waals surface area contributed by atoms with Gasteiger partial charge in [-0.15, -0.1) is 0 Å². The van der Waals surface area contributed by atoms with Gasteiger partial charge in [0.25, 0.3) is 0 Å². The maximum absolute atomic E-state index is 9.96. The van der Waals surface area contributed by atoms with E-state index >= 15 is 0 Å². The lowest BCUT2D eigenvalue weighted by atomic mass is 10.0. The van der Waals surface area contributed by atoms with Crippen LogP contribution in [0, 0.1) is 11.8 Å². The van der Waals surface area contributed by atoms with Crippen molar-refractivity contribution in [1.29, 1.82) is 0 Å². The molecule has 2 aromatic heterocycles. The van der Waals surface area contributed by atoms with Crippen LogP contribution in [0.25, 0.3) is 22.0 Å². The molecule has 0 aliphatic carbocycles. The Morgan fingerprint density at radius 1 is 1.16 bits per heavy atom. The van der Waals surface area contributed by atoms with E-state index in [0.717, 1.165) is 46.8 Å². The van der Waals surface area contributed by atoms with Gasteiger partial charge < -0.3 is 14.4 Å². The average Bonchev–Trinajstić information content (AvgIpc) is 3.22. The maximum Gasteiger partial charge on any atom is 0.159 e. The number of aryl methyl sites for hydroxylation is 1. The Bertz CT molecular complexity index is 1170. The number of halogens is 2. The van der Waals surface area contributed by atoms with Crippen molar-refractivity contribution in [2.75, 3.05) is 6.61 Å². The van der Waals surface area contributed by atoms with Crippen molar-refractivity contribution in [3.8, 4) is 23.0 Å². The molecule has 2 heterocycles. The number of nitrogens with zero attached hydrogens (tertiary/aromatic N) is 3. The predicted octanol–water partition coefficient (Wildman–Crippen LogP) is 6.27. The third-order valence-electron chi connectivity index (χ3n) is 5.01. The van der Waals surface area contributed by atoms with Crippen molar-refractivity contribution in [1.82, 2.24) is 14.3 Å². The molecule has 3 rings (SSSR count). The standard InChI is InChI=1S/C24H31Cl2N3O2Si/c1-7-28-14-19(18-12-17(8-9-24(2,3)30)13-21(25)22(18)28)20-15-29(27-23(20)26)16-31-10-11-32(4,5)6/h12-15,30H,7,10-11,16H2,1-6H3. The Morgan fingerprint density at radius 3 is 2.50 bits per heavy atom. The summed E-state index contributed by atoms with van der Waals surface area (Å²) in [5.41, 5.74) is 2.33. The molecule has 0 saturated heterocycles. The van der Waals surface area contributed by atoms with Crippen LogP contribution in [0.5, 0.6) is 0 Å². The second-order valence-corrected chi connectivity index (χ2v) is 16.1. The van der Waals surface area contributed by atoms with Crippen LogP contribution in [0.2, 0.25) is 35.9 Å². The molecular formula is C24H31Cl2N3O2Si. The average molecular weight is 493 g/mol. The molecule has 0 bridgehead atoms. The molecule has 1 aromatic carbocycles. The first-order chi connectivity index (χ1) is 14.9. The van der Waals surface area contributed by atoms with Crippen LogP contribution in [0.15, 0.2) is 24.5 Å². The summed E-state index contributed by atoms with van der Waals surface area (Å²) in [7, 11) is -1.14. The van der Waals surface area contributed by atoms with E-state index in [9.17, 15) is 5.11 Å². The van der Waals surface area contributed by atoms with Gasteiger partial charge in [-0.3, -0.25) is 0 Å². The largest absolute Gasteiger partial charge is 0.378 e. The Balaban J connectivity index is 1.98. The van der Waals surface area contributed by atoms with E-state index in [1.54, 1.807) is 18.5 Å². The van der Waals surface area contributed by atoms with Gasteiger partial charge in [-0.2, -0.15) is 5.10 Å². The van der Waals surface area contributed by atoms with Crippen LogP contribution in [0.1, 0.15) is 26.3 Å². The molecule has 5 nitrogen and oxygen atoms in total. The third kappa shape index (κ3) is 6.18. The number of rotatable bonds is 7. The van der Waals surface area contributed by atoms with Gasteiger partial charge >= 0.3 is 0 Å². The fourth-order valence-corrected chi connectivity index (χ4v) is 4.66. The van der Waals surface area contributed by atoms with Crippen molar-refractivity contribution in [3.05, 3.63) is 40.3 Å². The number of hydrogen-bond donors (Lipinski definition) is 1. The number of hydrogen-bond acceptors (Lipinski definition) is 3. The lowest BCUT2D eigenvalue weighted by molar-refractivity contribution is 0.0786. The van der Waals surface area contributed by atoms with Crippen molar-refractivity contribution < 1.29 is 9.84 Å². The van der Waals surface area contributed by atoms with Crippen molar-refractivity contribution >= 4 is 42.2 Å². The van der Waals surface area contributed by atoms with Gasteiger partial charge in [0, 0.05) is 55.7 Å². The fraction of sp³-hybridized carbons (Fsp3) is 0.458. The monoisotopic (exact) mass is 491 g/mol. The predicted molar refractivity (Wildman–Crippen MR) is 136 cm³/mol. The van der Waals surface area contributed by atoms with Gasteiger partial charge in [0.1, 0.15) is 12.3 Å². The lowest BCUT2D eigenvalue weighted by Crippen LogP contribution is -2.22. The number of benzene rings is 1. The van der Waals surface area contributed by atoms with Crippen LogP contribution in [-0.2, 0) is 18.0 Å². The normalized spacial score (nSPS) is 12.3. The SMILES string of the molecule is CCn1cc(-c2cn(COCC[Si](C)(C)C)nc2Cl)c2cc(C#CC(C)(C)O)cc(Cl)c21. The highest BCUT2D eigenvalue weighted by Gasteiger charge is 2.19. The highest BCUT2D eigenvalue weighted by Crippen LogP contribution is 2.38. The van der Waals surface area contributed by atoms with Gasteiger partial charge in [-0.1, -0.05) is 54.7 Å². The van der Waals surface area contributed by atoms with Crippen LogP contribution in [-0.4, -0.2) is 39.7 Å². The van der Waals surface area contributed by atoms with Crippen LogP contribution in [0.3, 0.4) is 0 Å². The molecule has 8 heteroatoms. The Kier molecular flexibility index (Phi) is 7.48. The molecule has 3 aromatic rings. The van der Waals surface area contributed by atoms with E-state index in [4.69, 9.17) is 27.9 Å². The van der Waals surface area contributed by atoms with Gasteiger partial charge in [-0.25, -0.2) is 4.68 Å². The third-order valence-corrected chi connectivity index (χ3v) is 7.28. The first kappa shape index (κ1) is 24.9. The zero-order valence-corrected chi connectivity index (χ0v) is 22.1. The highest BCUT2D eigenvalue weighted by molar-refractivity contribution is 6.76.